The van der Waals surface area contributed by atoms with Crippen molar-refractivity contribution in [1.29, 1.82) is 0 Å². The van der Waals surface area contributed by atoms with Gasteiger partial charge in [0.15, 0.2) is 40.3 Å². The smallest absolute Gasteiger partial charge is 0.203 e. The van der Waals surface area contributed by atoms with E-state index in [9.17, 15) is 0 Å². The van der Waals surface area contributed by atoms with E-state index in [4.69, 9.17) is 37.7 Å². The Morgan fingerprint density at radius 1 is 0.600 bits per heavy atom. The van der Waals surface area contributed by atoms with E-state index in [0.29, 0.717) is 53.4 Å². The van der Waals surface area contributed by atoms with Crippen LogP contribution in [0.2, 0.25) is 0 Å². The lowest BCUT2D eigenvalue weighted by Crippen LogP contribution is -2.32. The Kier molecular flexibility index (Phi) is 13.6. The van der Waals surface area contributed by atoms with Crippen LogP contribution < -0.4 is 43.8 Å². The van der Waals surface area contributed by atoms with Gasteiger partial charge in [0.25, 0.3) is 0 Å². The molecule has 2 heterocycles. The second-order valence-electron chi connectivity index (χ2n) is 13.6. The quantitative estimate of drug-likeness (QED) is 0.0741. The Hall–Kier alpha value is -5.55. The highest BCUT2D eigenvalue weighted by atomic mass is 16.5. The van der Waals surface area contributed by atoms with Crippen molar-refractivity contribution in [3.63, 3.8) is 0 Å². The molecule has 0 spiro atoms. The minimum Gasteiger partial charge on any atom is -0.493 e. The normalized spacial score (nSPS) is 13.4. The van der Waals surface area contributed by atoms with Crippen molar-refractivity contribution in [3.8, 4) is 62.8 Å². The Labute approximate surface area is 324 Å². The van der Waals surface area contributed by atoms with Gasteiger partial charge in [0.2, 0.25) is 5.75 Å². The molecule has 11 heteroatoms. The molecule has 0 fully saturated rings. The van der Waals surface area contributed by atoms with Gasteiger partial charge in [0.05, 0.1) is 48.8 Å². The molecule has 0 amide bonds. The van der Waals surface area contributed by atoms with E-state index in [-0.39, 0.29) is 6.17 Å². The summed E-state index contributed by atoms with van der Waals surface area (Å²) in [7, 11) is 8.07. The van der Waals surface area contributed by atoms with Crippen molar-refractivity contribution in [2.24, 2.45) is 0 Å². The second-order valence-corrected chi connectivity index (χ2v) is 13.6. The van der Waals surface area contributed by atoms with Crippen LogP contribution in [0.4, 0.5) is 5.69 Å². The summed E-state index contributed by atoms with van der Waals surface area (Å²) in [4.78, 5) is 0. The first-order chi connectivity index (χ1) is 26.9. The van der Waals surface area contributed by atoms with Crippen molar-refractivity contribution in [1.82, 2.24) is 10.5 Å². The van der Waals surface area contributed by atoms with E-state index in [2.05, 4.69) is 53.0 Å². The molecule has 292 valence electrons. The van der Waals surface area contributed by atoms with Crippen molar-refractivity contribution in [2.75, 3.05) is 54.1 Å². The van der Waals surface area contributed by atoms with Crippen LogP contribution in [0.3, 0.4) is 0 Å². The third-order valence-corrected chi connectivity index (χ3v) is 9.80. The van der Waals surface area contributed by atoms with Crippen LogP contribution in [0.5, 0.6) is 40.2 Å². The highest BCUT2D eigenvalue weighted by Gasteiger charge is 2.21. The Balaban J connectivity index is 0.894. The first-order valence-corrected chi connectivity index (χ1v) is 18.9. The highest BCUT2D eigenvalue weighted by Crippen LogP contribution is 2.42. The fourth-order valence-electron chi connectivity index (χ4n) is 6.78. The first kappa shape index (κ1) is 39.2. The Bertz CT molecular complexity index is 1990. The summed E-state index contributed by atoms with van der Waals surface area (Å²) in [6.45, 7) is 4.21. The van der Waals surface area contributed by atoms with E-state index in [1.54, 1.807) is 35.5 Å². The number of fused-ring (bicyclic) bond motifs is 1. The number of nitrogens with zero attached hydrogens (tertiary/aromatic N) is 1. The fraction of sp³-hybridized carbons (Fsp3) is 0.386. The number of hydrogen-bond donors (Lipinski definition) is 2. The molecule has 0 aliphatic carbocycles. The molecule has 6 rings (SSSR count). The zero-order chi connectivity index (χ0) is 38.6. The molecule has 0 saturated carbocycles. The largest absolute Gasteiger partial charge is 0.493 e. The van der Waals surface area contributed by atoms with Gasteiger partial charge in [0, 0.05) is 29.4 Å². The maximum absolute atomic E-state index is 6.18. The van der Waals surface area contributed by atoms with Crippen LogP contribution in [0, 0.1) is 6.92 Å². The third-order valence-electron chi connectivity index (χ3n) is 9.80. The van der Waals surface area contributed by atoms with Crippen molar-refractivity contribution < 1.29 is 37.7 Å². The van der Waals surface area contributed by atoms with Crippen LogP contribution in [0.25, 0.3) is 22.6 Å². The molecule has 0 radical (unpaired) electrons. The number of hydrogen-bond acceptors (Lipinski definition) is 11. The van der Waals surface area contributed by atoms with Gasteiger partial charge in [0.1, 0.15) is 11.9 Å². The number of anilines is 1. The third kappa shape index (κ3) is 9.77. The highest BCUT2D eigenvalue weighted by molar-refractivity contribution is 5.72. The van der Waals surface area contributed by atoms with Crippen LogP contribution in [-0.2, 0) is 6.54 Å². The average Bonchev–Trinajstić information content (AvgIpc) is 3.72. The second kappa shape index (κ2) is 19.2. The first-order valence-electron chi connectivity index (χ1n) is 18.9. The van der Waals surface area contributed by atoms with Gasteiger partial charge in [-0.2, -0.15) is 0 Å². The zero-order valence-electron chi connectivity index (χ0n) is 32.8. The maximum Gasteiger partial charge on any atom is 0.203 e. The number of aryl methyl sites for hydroxylation is 1. The van der Waals surface area contributed by atoms with E-state index in [1.165, 1.54) is 29.7 Å². The molecule has 1 aliphatic rings. The summed E-state index contributed by atoms with van der Waals surface area (Å²) in [6, 6.07) is 24.0. The van der Waals surface area contributed by atoms with Gasteiger partial charge in [-0.1, -0.05) is 61.0 Å². The van der Waals surface area contributed by atoms with E-state index < -0.39 is 0 Å². The summed E-state index contributed by atoms with van der Waals surface area (Å²) >= 11 is 0. The molecule has 5 aromatic rings. The van der Waals surface area contributed by atoms with Gasteiger partial charge in [-0.15, -0.1) is 0 Å². The molecule has 1 atom stereocenters. The maximum atomic E-state index is 6.18. The lowest BCUT2D eigenvalue weighted by atomic mass is 10.0. The number of unbranched alkanes of at least 4 members (excludes halogenated alkanes) is 6. The molecule has 1 aromatic heterocycles. The minimum atomic E-state index is 0.0156. The molecular weight excluding hydrogens is 698 g/mol. The van der Waals surface area contributed by atoms with Gasteiger partial charge in [-0.05, 0) is 79.4 Å². The van der Waals surface area contributed by atoms with Crippen molar-refractivity contribution in [3.05, 3.63) is 89.5 Å². The summed E-state index contributed by atoms with van der Waals surface area (Å²) in [5.41, 5.74) is 7.11. The summed E-state index contributed by atoms with van der Waals surface area (Å²) in [5.74, 6) is 5.03. The molecule has 2 N–H and O–H groups in total. The van der Waals surface area contributed by atoms with Crippen molar-refractivity contribution in [2.45, 2.75) is 64.6 Å². The Morgan fingerprint density at radius 3 is 1.91 bits per heavy atom. The molecule has 0 saturated heterocycles. The van der Waals surface area contributed by atoms with Crippen LogP contribution >= 0.6 is 0 Å². The number of methoxy groups -OCH3 is 5. The number of aromatic nitrogens is 1. The molecule has 0 bridgehead atoms. The standard InChI is InChI=1S/C44H53N3O8/c1-29-14-17-34-33(22-29)28-45-44(46-34)31-16-19-37(39(24-31)49-3)53-20-12-10-8-7-9-11-13-21-54-40-23-30(15-18-36(40)48-2)35-27-38(55-47-35)32-25-41(50-4)43(52-6)42(26-32)51-5/h14-19,22-27,44-46H,7-13,20-21,28H2,1-6H3. The summed E-state index contributed by atoms with van der Waals surface area (Å²) in [5, 5.41) is 11.5. The van der Waals surface area contributed by atoms with Gasteiger partial charge < -0.3 is 43.0 Å². The fourth-order valence-corrected chi connectivity index (χ4v) is 6.78. The average molecular weight is 752 g/mol. The SMILES string of the molecule is COc1cc(C2NCc3cc(C)ccc3N2)ccc1OCCCCCCCCCOc1cc(-c2cc(-c3cc(OC)c(OC)c(OC)c3)on2)ccc1OC. The lowest BCUT2D eigenvalue weighted by molar-refractivity contribution is 0.281. The number of ether oxygens (including phenoxy) is 7. The van der Waals surface area contributed by atoms with E-state index in [0.717, 1.165) is 66.8 Å². The molecule has 1 aliphatic heterocycles. The monoisotopic (exact) mass is 751 g/mol. The van der Waals surface area contributed by atoms with Crippen LogP contribution in [0.15, 0.2) is 77.3 Å². The van der Waals surface area contributed by atoms with Crippen LogP contribution in [-0.4, -0.2) is 53.9 Å². The van der Waals surface area contributed by atoms with E-state index >= 15 is 0 Å². The lowest BCUT2D eigenvalue weighted by Gasteiger charge is -2.29. The number of rotatable bonds is 20. The predicted octanol–water partition coefficient (Wildman–Crippen LogP) is 9.76. The van der Waals surface area contributed by atoms with E-state index in [1.807, 2.05) is 42.5 Å². The van der Waals surface area contributed by atoms with Crippen LogP contribution in [0.1, 0.15) is 67.8 Å². The Morgan fingerprint density at radius 2 is 1.24 bits per heavy atom. The molecular formula is C44H53N3O8. The summed E-state index contributed by atoms with van der Waals surface area (Å²) < 4.78 is 45.7. The molecule has 4 aromatic carbocycles. The number of nitrogens with one attached hydrogen (secondary N) is 2. The molecule has 55 heavy (non-hydrogen) atoms. The molecule has 11 nitrogen and oxygen atoms in total. The topological polar surface area (TPSA) is 115 Å². The van der Waals surface area contributed by atoms with Gasteiger partial charge in [-0.25, -0.2) is 0 Å². The van der Waals surface area contributed by atoms with Crippen molar-refractivity contribution >= 4 is 5.69 Å². The zero-order valence-corrected chi connectivity index (χ0v) is 32.8. The minimum absolute atomic E-state index is 0.0156. The molecule has 1 unspecified atom stereocenters. The van der Waals surface area contributed by atoms with Gasteiger partial charge >= 0.3 is 0 Å². The van der Waals surface area contributed by atoms with Gasteiger partial charge in [-0.3, -0.25) is 5.32 Å². The summed E-state index contributed by atoms with van der Waals surface area (Å²) in [6.07, 6.45) is 7.71. The number of benzene rings is 4. The predicted molar refractivity (Wildman–Crippen MR) is 214 cm³/mol.